The summed E-state index contributed by atoms with van der Waals surface area (Å²) in [6.07, 6.45) is 0. The van der Waals surface area contributed by atoms with E-state index >= 15 is 0 Å². The molecule has 0 aliphatic heterocycles. The smallest absolute Gasteiger partial charge is 0.242 e. The quantitative estimate of drug-likeness (QED) is 0.774. The third-order valence-corrected chi connectivity index (χ3v) is 5.51. The lowest BCUT2D eigenvalue weighted by Gasteiger charge is -2.10. The Labute approximate surface area is 129 Å². The fourth-order valence-electron chi connectivity index (χ4n) is 1.33. The van der Waals surface area contributed by atoms with Gasteiger partial charge in [-0.05, 0) is 47.5 Å². The summed E-state index contributed by atoms with van der Waals surface area (Å²) in [7, 11) is -3.73. The van der Waals surface area contributed by atoms with Crippen molar-refractivity contribution in [3.8, 4) is 0 Å². The van der Waals surface area contributed by atoms with Crippen molar-refractivity contribution >= 4 is 47.8 Å². The molecule has 0 fully saturated rings. The van der Waals surface area contributed by atoms with Crippen molar-refractivity contribution in [1.29, 1.82) is 0 Å². The van der Waals surface area contributed by atoms with Crippen LogP contribution in [0.15, 0.2) is 26.0 Å². The van der Waals surface area contributed by atoms with Crippen LogP contribution < -0.4 is 10.0 Å². The van der Waals surface area contributed by atoms with E-state index in [-0.39, 0.29) is 17.3 Å². The molecule has 0 saturated carbocycles. The second-order valence-electron chi connectivity index (χ2n) is 3.81. The Morgan fingerprint density at radius 1 is 1.26 bits per heavy atom. The van der Waals surface area contributed by atoms with E-state index in [1.165, 1.54) is 6.07 Å². The second kappa shape index (κ2) is 6.83. The van der Waals surface area contributed by atoms with Crippen LogP contribution in [0.2, 0.25) is 0 Å². The van der Waals surface area contributed by atoms with Crippen LogP contribution in [0, 0.1) is 6.92 Å². The molecule has 1 aromatic rings. The van der Waals surface area contributed by atoms with Crippen LogP contribution in [0.4, 0.5) is 0 Å². The molecule has 0 aromatic heterocycles. The molecule has 1 aromatic carbocycles. The summed E-state index contributed by atoms with van der Waals surface area (Å²) >= 11 is 6.50. The van der Waals surface area contributed by atoms with Crippen molar-refractivity contribution in [3.63, 3.8) is 0 Å². The van der Waals surface area contributed by atoms with E-state index in [0.29, 0.717) is 15.5 Å². The topological polar surface area (TPSA) is 75.3 Å². The third-order valence-electron chi connectivity index (χ3n) is 2.30. The van der Waals surface area contributed by atoms with Gasteiger partial charge in [-0.25, -0.2) is 13.1 Å². The van der Waals surface area contributed by atoms with E-state index in [1.807, 2.05) is 6.92 Å². The zero-order chi connectivity index (χ0) is 14.6. The number of halogens is 2. The number of aryl methyl sites for hydroxylation is 1. The summed E-state index contributed by atoms with van der Waals surface area (Å²) in [6.45, 7) is 3.79. The first-order valence-corrected chi connectivity index (χ1v) is 8.57. The largest absolute Gasteiger partial charge is 0.355 e. The summed E-state index contributed by atoms with van der Waals surface area (Å²) in [5.74, 6) is -0.367. The second-order valence-corrected chi connectivity index (χ2v) is 7.25. The van der Waals surface area contributed by atoms with E-state index in [1.54, 1.807) is 13.0 Å². The molecular weight excluding hydrogens is 400 g/mol. The van der Waals surface area contributed by atoms with Crippen molar-refractivity contribution in [1.82, 2.24) is 10.0 Å². The molecule has 0 radical (unpaired) electrons. The van der Waals surface area contributed by atoms with Crippen LogP contribution in [0.3, 0.4) is 0 Å². The van der Waals surface area contributed by atoms with Gasteiger partial charge >= 0.3 is 0 Å². The maximum absolute atomic E-state index is 12.1. The van der Waals surface area contributed by atoms with Crippen LogP contribution in [-0.4, -0.2) is 27.4 Å². The fourth-order valence-corrected chi connectivity index (χ4v) is 3.99. The average molecular weight is 414 g/mol. The number of rotatable bonds is 5. The third kappa shape index (κ3) is 4.55. The lowest BCUT2D eigenvalue weighted by molar-refractivity contribution is -0.119. The SMILES string of the molecule is CCNC(=O)CNS(=O)(=O)c1cc(Br)c(C)cc1Br. The molecule has 1 amide bonds. The van der Waals surface area contributed by atoms with Gasteiger partial charge in [-0.15, -0.1) is 0 Å². The minimum Gasteiger partial charge on any atom is -0.355 e. The molecule has 0 aliphatic rings. The van der Waals surface area contributed by atoms with Crippen LogP contribution in [0.25, 0.3) is 0 Å². The first kappa shape index (κ1) is 16.6. The van der Waals surface area contributed by atoms with Gasteiger partial charge in [0.25, 0.3) is 0 Å². The number of hydrogen-bond acceptors (Lipinski definition) is 3. The predicted molar refractivity (Wildman–Crippen MR) is 80.5 cm³/mol. The number of nitrogens with one attached hydrogen (secondary N) is 2. The van der Waals surface area contributed by atoms with E-state index in [4.69, 9.17) is 0 Å². The Morgan fingerprint density at radius 2 is 1.89 bits per heavy atom. The van der Waals surface area contributed by atoms with E-state index in [2.05, 4.69) is 41.9 Å². The average Bonchev–Trinajstić information content (AvgIpc) is 2.31. The molecule has 106 valence electrons. The lowest BCUT2D eigenvalue weighted by Crippen LogP contribution is -2.36. The van der Waals surface area contributed by atoms with Crippen molar-refractivity contribution in [2.75, 3.05) is 13.1 Å². The number of carbonyl (C=O) groups is 1. The van der Waals surface area contributed by atoms with Gasteiger partial charge in [0, 0.05) is 15.5 Å². The maximum Gasteiger partial charge on any atom is 0.242 e. The van der Waals surface area contributed by atoms with Gasteiger partial charge in [-0.1, -0.05) is 15.9 Å². The Bertz CT molecular complexity index is 588. The summed E-state index contributed by atoms with van der Waals surface area (Å²) in [5.41, 5.74) is 0.912. The zero-order valence-electron chi connectivity index (χ0n) is 10.5. The Hall–Kier alpha value is -0.440. The Morgan fingerprint density at radius 3 is 2.47 bits per heavy atom. The summed E-state index contributed by atoms with van der Waals surface area (Å²) in [4.78, 5) is 11.4. The molecule has 1 rings (SSSR count). The monoisotopic (exact) mass is 412 g/mol. The van der Waals surface area contributed by atoms with E-state index in [9.17, 15) is 13.2 Å². The highest BCUT2D eigenvalue weighted by atomic mass is 79.9. The van der Waals surface area contributed by atoms with E-state index in [0.717, 1.165) is 5.56 Å². The number of hydrogen-bond donors (Lipinski definition) is 2. The molecule has 0 heterocycles. The fraction of sp³-hybridized carbons (Fsp3) is 0.364. The number of carbonyl (C=O) groups excluding carboxylic acids is 1. The van der Waals surface area contributed by atoms with Gasteiger partial charge in [0.2, 0.25) is 15.9 Å². The molecule has 0 atom stereocenters. The highest BCUT2D eigenvalue weighted by Crippen LogP contribution is 2.28. The Balaban J connectivity index is 2.95. The number of likely N-dealkylation sites (N-methyl/N-ethyl adjacent to an activating group) is 1. The number of amides is 1. The lowest BCUT2D eigenvalue weighted by atomic mass is 10.2. The van der Waals surface area contributed by atoms with Gasteiger partial charge in [0.1, 0.15) is 0 Å². The van der Waals surface area contributed by atoms with E-state index < -0.39 is 10.0 Å². The molecule has 8 heteroatoms. The normalized spacial score (nSPS) is 11.4. The highest BCUT2D eigenvalue weighted by molar-refractivity contribution is 9.11. The highest BCUT2D eigenvalue weighted by Gasteiger charge is 2.19. The van der Waals surface area contributed by atoms with Crippen LogP contribution in [-0.2, 0) is 14.8 Å². The van der Waals surface area contributed by atoms with Gasteiger partial charge in [0.05, 0.1) is 11.4 Å². The molecule has 0 aliphatic carbocycles. The van der Waals surface area contributed by atoms with Gasteiger partial charge in [-0.3, -0.25) is 4.79 Å². The molecule has 0 unspecified atom stereocenters. The van der Waals surface area contributed by atoms with Crippen LogP contribution >= 0.6 is 31.9 Å². The standard InChI is InChI=1S/C11H14Br2N2O3S/c1-3-14-11(16)6-15-19(17,18)10-5-8(12)7(2)4-9(10)13/h4-5,15H,3,6H2,1-2H3,(H,14,16). The van der Waals surface area contributed by atoms with Crippen molar-refractivity contribution in [2.24, 2.45) is 0 Å². The van der Waals surface area contributed by atoms with Gasteiger partial charge in [-0.2, -0.15) is 0 Å². The molecule has 0 spiro atoms. The first-order valence-electron chi connectivity index (χ1n) is 5.50. The van der Waals surface area contributed by atoms with Gasteiger partial charge < -0.3 is 5.32 Å². The molecule has 2 N–H and O–H groups in total. The van der Waals surface area contributed by atoms with Crippen molar-refractivity contribution in [2.45, 2.75) is 18.7 Å². The molecular formula is C11H14Br2N2O3S. The Kier molecular flexibility index (Phi) is 5.97. The first-order chi connectivity index (χ1) is 8.77. The molecule has 19 heavy (non-hydrogen) atoms. The van der Waals surface area contributed by atoms with Crippen molar-refractivity contribution in [3.05, 3.63) is 26.6 Å². The molecule has 0 saturated heterocycles. The van der Waals surface area contributed by atoms with Crippen LogP contribution in [0.1, 0.15) is 12.5 Å². The minimum absolute atomic E-state index is 0.0919. The zero-order valence-corrected chi connectivity index (χ0v) is 14.4. The minimum atomic E-state index is -3.73. The number of sulfonamides is 1. The van der Waals surface area contributed by atoms with Crippen LogP contribution in [0.5, 0.6) is 0 Å². The molecule has 5 nitrogen and oxygen atoms in total. The summed E-state index contributed by atoms with van der Waals surface area (Å²) < 4.78 is 27.6. The van der Waals surface area contributed by atoms with Crippen molar-refractivity contribution < 1.29 is 13.2 Å². The maximum atomic E-state index is 12.1. The van der Waals surface area contributed by atoms with Gasteiger partial charge in [0.15, 0.2) is 0 Å². The predicted octanol–water partition coefficient (Wildman–Crippen LogP) is 1.93. The summed E-state index contributed by atoms with van der Waals surface area (Å²) in [5, 5.41) is 2.52. The number of benzene rings is 1. The molecule has 0 bridgehead atoms. The summed E-state index contributed by atoms with van der Waals surface area (Å²) in [6, 6.07) is 3.20.